The van der Waals surface area contributed by atoms with Gasteiger partial charge >= 0.3 is 11.9 Å². The topological polar surface area (TPSA) is 76.0 Å². The third kappa shape index (κ3) is 6.27. The molecule has 2 N–H and O–H groups in total. The van der Waals surface area contributed by atoms with Crippen molar-refractivity contribution >= 4 is 5.97 Å². The van der Waals surface area contributed by atoms with Crippen LogP contribution in [0.25, 0.3) is 0 Å². The van der Waals surface area contributed by atoms with E-state index in [0.29, 0.717) is 18.8 Å². The number of unbranched alkanes of at least 4 members (excludes halogenated alkanes) is 2. The number of fused-ring (bicyclic) bond motifs is 1. The van der Waals surface area contributed by atoms with Gasteiger partial charge in [0.05, 0.1) is 25.2 Å². The summed E-state index contributed by atoms with van der Waals surface area (Å²) in [6, 6.07) is 0. The number of allylic oxidation sites excluding steroid dienone is 2. The molecule has 172 valence electrons. The highest BCUT2D eigenvalue weighted by Crippen LogP contribution is 2.54. The Kier molecular flexibility index (Phi) is 9.29. The summed E-state index contributed by atoms with van der Waals surface area (Å²) in [5.41, 5.74) is 0. The molecule has 1 saturated carbocycles. The van der Waals surface area contributed by atoms with Crippen molar-refractivity contribution in [3.63, 3.8) is 0 Å². The van der Waals surface area contributed by atoms with Crippen LogP contribution in [0.4, 0.5) is 8.78 Å². The van der Waals surface area contributed by atoms with E-state index in [1.807, 2.05) is 0 Å². The van der Waals surface area contributed by atoms with Crippen molar-refractivity contribution in [2.24, 2.45) is 17.8 Å². The molecule has 1 aliphatic heterocycles. The van der Waals surface area contributed by atoms with Crippen LogP contribution in [0.15, 0.2) is 24.0 Å². The van der Waals surface area contributed by atoms with Crippen LogP contribution in [0.3, 0.4) is 0 Å². The summed E-state index contributed by atoms with van der Waals surface area (Å²) >= 11 is 0. The van der Waals surface area contributed by atoms with E-state index in [-0.39, 0.29) is 31.0 Å². The fraction of sp³-hybridized carbons (Fsp3) is 0.783. The summed E-state index contributed by atoms with van der Waals surface area (Å²) < 4.78 is 40.1. The second-order valence-corrected chi connectivity index (χ2v) is 8.66. The van der Waals surface area contributed by atoms with Gasteiger partial charge in [-0.25, -0.2) is 0 Å². The number of hydrogen-bond donors (Lipinski definition) is 2. The number of aliphatic hydroxyl groups is 2. The summed E-state index contributed by atoms with van der Waals surface area (Å²) in [4.78, 5) is 11.1. The van der Waals surface area contributed by atoms with Crippen LogP contribution in [0.1, 0.15) is 65.2 Å². The zero-order valence-electron chi connectivity index (χ0n) is 18.2. The maximum Gasteiger partial charge on any atom is 0.310 e. The SMILES string of the molecule is CCCC[C@H](C)C[C@H](O)/C=C/[C@@H]1[C@@H]2[C@H](C[C@H]1O)O/C(=C\CCCC(=O)OC)C2(F)F. The lowest BCUT2D eigenvalue weighted by molar-refractivity contribution is -0.140. The van der Waals surface area contributed by atoms with Gasteiger partial charge in [-0.15, -0.1) is 0 Å². The van der Waals surface area contributed by atoms with E-state index >= 15 is 8.78 Å². The van der Waals surface area contributed by atoms with Crippen molar-refractivity contribution in [3.05, 3.63) is 24.0 Å². The Bertz CT molecular complexity index is 619. The van der Waals surface area contributed by atoms with E-state index in [4.69, 9.17) is 4.74 Å². The smallest absolute Gasteiger partial charge is 0.310 e. The van der Waals surface area contributed by atoms with E-state index in [9.17, 15) is 15.0 Å². The monoisotopic (exact) mass is 430 g/mol. The molecule has 6 atom stereocenters. The number of aliphatic hydroxyl groups excluding tert-OH is 2. The predicted molar refractivity (Wildman–Crippen MR) is 110 cm³/mol. The minimum absolute atomic E-state index is 0.137. The minimum Gasteiger partial charge on any atom is -0.488 e. The second-order valence-electron chi connectivity index (χ2n) is 8.66. The lowest BCUT2D eigenvalue weighted by Gasteiger charge is -2.23. The average Bonchev–Trinajstić information content (AvgIpc) is 3.13. The number of halogens is 2. The maximum absolute atomic E-state index is 15.0. The fourth-order valence-electron chi connectivity index (χ4n) is 4.46. The number of carbonyl (C=O) groups excluding carboxylic acids is 1. The average molecular weight is 431 g/mol. The van der Waals surface area contributed by atoms with E-state index < -0.39 is 36.1 Å². The van der Waals surface area contributed by atoms with Crippen LogP contribution in [0.5, 0.6) is 0 Å². The molecule has 1 saturated heterocycles. The van der Waals surface area contributed by atoms with E-state index in [1.165, 1.54) is 13.2 Å². The van der Waals surface area contributed by atoms with Gasteiger partial charge in [0.15, 0.2) is 5.76 Å². The molecule has 2 aliphatic rings. The molecule has 0 amide bonds. The van der Waals surface area contributed by atoms with Crippen LogP contribution in [-0.4, -0.2) is 47.5 Å². The zero-order chi connectivity index (χ0) is 22.3. The quantitative estimate of drug-likeness (QED) is 0.289. The molecule has 0 radical (unpaired) electrons. The normalized spacial score (nSPS) is 31.0. The van der Waals surface area contributed by atoms with Crippen LogP contribution in [0, 0.1) is 17.8 Å². The number of hydrogen-bond acceptors (Lipinski definition) is 5. The molecule has 0 spiro atoms. The zero-order valence-corrected chi connectivity index (χ0v) is 18.2. The Hall–Kier alpha value is -1.47. The molecule has 1 aliphatic carbocycles. The van der Waals surface area contributed by atoms with Gasteiger partial charge in [0.2, 0.25) is 0 Å². The lowest BCUT2D eigenvalue weighted by atomic mass is 9.87. The largest absolute Gasteiger partial charge is 0.488 e. The van der Waals surface area contributed by atoms with Crippen molar-refractivity contribution in [2.45, 2.75) is 89.4 Å². The summed E-state index contributed by atoms with van der Waals surface area (Å²) in [6.45, 7) is 4.19. The fourth-order valence-corrected chi connectivity index (χ4v) is 4.46. The van der Waals surface area contributed by atoms with Crippen molar-refractivity contribution in [1.82, 2.24) is 0 Å². The predicted octanol–water partition coefficient (Wildman–Crippen LogP) is 4.38. The Labute approximate surface area is 178 Å². The molecule has 2 rings (SSSR count). The van der Waals surface area contributed by atoms with Gasteiger partial charge in [-0.2, -0.15) is 8.78 Å². The molecule has 0 aromatic carbocycles. The Morgan fingerprint density at radius 3 is 2.80 bits per heavy atom. The molecule has 2 fully saturated rings. The first kappa shape index (κ1) is 24.8. The van der Waals surface area contributed by atoms with Crippen molar-refractivity contribution in [3.8, 4) is 0 Å². The summed E-state index contributed by atoms with van der Waals surface area (Å²) in [6.07, 6.45) is 6.83. The number of esters is 1. The first-order valence-electron chi connectivity index (χ1n) is 11.1. The molecule has 0 unspecified atom stereocenters. The van der Waals surface area contributed by atoms with Crippen LogP contribution in [0.2, 0.25) is 0 Å². The van der Waals surface area contributed by atoms with E-state index in [1.54, 1.807) is 12.2 Å². The summed E-state index contributed by atoms with van der Waals surface area (Å²) in [7, 11) is 1.29. The molecular formula is C23H36F2O5. The van der Waals surface area contributed by atoms with Gasteiger partial charge in [-0.05, 0) is 31.3 Å². The standard InChI is InChI=1S/C23H36F2O5/c1-4-5-8-15(2)13-16(26)11-12-17-18(27)14-19-22(17)23(24,25)20(30-19)9-6-7-10-21(28)29-3/h9,11-12,15-19,22,26-27H,4-8,10,13-14H2,1-3H3/b12-11+,20-9-/t15-,16+,17-,18+,19-,22+/m0/s1. The highest BCUT2D eigenvalue weighted by Gasteiger charge is 2.63. The highest BCUT2D eigenvalue weighted by molar-refractivity contribution is 5.69. The molecule has 5 nitrogen and oxygen atoms in total. The van der Waals surface area contributed by atoms with Crippen LogP contribution in [-0.2, 0) is 14.3 Å². The van der Waals surface area contributed by atoms with Gasteiger partial charge < -0.3 is 19.7 Å². The van der Waals surface area contributed by atoms with Crippen LogP contribution >= 0.6 is 0 Å². The minimum atomic E-state index is -3.19. The number of alkyl halides is 2. The first-order chi connectivity index (χ1) is 14.2. The second kappa shape index (κ2) is 11.2. The van der Waals surface area contributed by atoms with Gasteiger partial charge in [0.1, 0.15) is 6.10 Å². The molecule has 0 bridgehead atoms. The van der Waals surface area contributed by atoms with Gasteiger partial charge in [-0.3, -0.25) is 4.79 Å². The van der Waals surface area contributed by atoms with Crippen molar-refractivity contribution in [1.29, 1.82) is 0 Å². The third-order valence-electron chi connectivity index (χ3n) is 6.15. The van der Waals surface area contributed by atoms with E-state index in [2.05, 4.69) is 18.6 Å². The number of methoxy groups -OCH3 is 1. The Balaban J connectivity index is 1.98. The van der Waals surface area contributed by atoms with E-state index in [0.717, 1.165) is 19.3 Å². The van der Waals surface area contributed by atoms with Crippen molar-refractivity contribution < 1.29 is 33.3 Å². The molecular weight excluding hydrogens is 394 g/mol. The number of rotatable bonds is 11. The summed E-state index contributed by atoms with van der Waals surface area (Å²) in [5, 5.41) is 20.6. The highest BCUT2D eigenvalue weighted by atomic mass is 19.3. The molecule has 0 aromatic heterocycles. The van der Waals surface area contributed by atoms with Gasteiger partial charge in [-0.1, -0.05) is 45.3 Å². The van der Waals surface area contributed by atoms with Gasteiger partial charge in [0.25, 0.3) is 0 Å². The first-order valence-corrected chi connectivity index (χ1v) is 11.1. The summed E-state index contributed by atoms with van der Waals surface area (Å²) in [5.74, 6) is -5.52. The Morgan fingerprint density at radius 1 is 1.40 bits per heavy atom. The van der Waals surface area contributed by atoms with Crippen molar-refractivity contribution in [2.75, 3.05) is 7.11 Å². The molecule has 7 heteroatoms. The molecule has 1 heterocycles. The number of ether oxygens (including phenoxy) is 2. The molecule has 0 aromatic rings. The third-order valence-corrected chi connectivity index (χ3v) is 6.15. The molecule has 30 heavy (non-hydrogen) atoms. The lowest BCUT2D eigenvalue weighted by Crippen LogP contribution is -2.33. The Morgan fingerprint density at radius 2 is 2.13 bits per heavy atom. The maximum atomic E-state index is 15.0. The number of carbonyl (C=O) groups is 1. The van der Waals surface area contributed by atoms with Crippen LogP contribution < -0.4 is 0 Å². The van der Waals surface area contributed by atoms with Gasteiger partial charge in [0, 0.05) is 18.8 Å².